The van der Waals surface area contributed by atoms with Crippen LogP contribution in [0.2, 0.25) is 0 Å². The Morgan fingerprint density at radius 3 is 2.50 bits per heavy atom. The minimum Gasteiger partial charge on any atom is -0.479 e. The summed E-state index contributed by atoms with van der Waals surface area (Å²) in [6.07, 6.45) is -1.08. The molecule has 0 aliphatic rings. The van der Waals surface area contributed by atoms with Crippen LogP contribution in [0.1, 0.15) is 6.92 Å². The molecule has 0 rings (SSSR count). The van der Waals surface area contributed by atoms with Crippen LogP contribution in [0.4, 0.5) is 0 Å². The molecule has 0 amide bonds. The third kappa shape index (κ3) is 3.34. The van der Waals surface area contributed by atoms with E-state index in [-0.39, 0.29) is 5.75 Å². The number of rotatable bonds is 3. The third-order valence-electron chi connectivity index (χ3n) is 0.785. The van der Waals surface area contributed by atoms with Crippen LogP contribution in [-0.2, 0) is 14.3 Å². The van der Waals surface area contributed by atoms with Crippen LogP contribution in [0.3, 0.4) is 0 Å². The highest BCUT2D eigenvalue weighted by molar-refractivity contribution is 7.81. The van der Waals surface area contributed by atoms with Gasteiger partial charge in [0.15, 0.2) is 6.10 Å². The Balaban J connectivity index is 3.68. The second-order valence-electron chi connectivity index (χ2n) is 1.63. The maximum Gasteiger partial charge on any atom is 0.344 e. The van der Waals surface area contributed by atoms with E-state index < -0.39 is 18.0 Å². The van der Waals surface area contributed by atoms with Crippen molar-refractivity contribution >= 4 is 24.6 Å². The molecule has 4 nitrogen and oxygen atoms in total. The standard InChI is InChI=1S/C5H8O4S/c1-3(5(7)8)9-4(6)2-10/h3,10H,2H2,1H3,(H,7,8). The van der Waals surface area contributed by atoms with Crippen molar-refractivity contribution in [2.24, 2.45) is 0 Å². The SMILES string of the molecule is CC(OC(=O)CS)C(=O)O. The lowest BCUT2D eigenvalue weighted by molar-refractivity contribution is -0.160. The zero-order valence-electron chi connectivity index (χ0n) is 5.40. The van der Waals surface area contributed by atoms with Gasteiger partial charge in [0.2, 0.25) is 0 Å². The van der Waals surface area contributed by atoms with Crippen LogP contribution in [0, 0.1) is 0 Å². The lowest BCUT2D eigenvalue weighted by atomic mass is 10.4. The largest absolute Gasteiger partial charge is 0.479 e. The minimum absolute atomic E-state index is 0.0996. The molecule has 0 radical (unpaired) electrons. The second-order valence-corrected chi connectivity index (χ2v) is 1.94. The summed E-state index contributed by atoms with van der Waals surface area (Å²) in [6, 6.07) is 0. The molecule has 0 aliphatic carbocycles. The fraction of sp³-hybridized carbons (Fsp3) is 0.600. The topological polar surface area (TPSA) is 63.6 Å². The Kier molecular flexibility index (Phi) is 3.87. The molecule has 0 aliphatic heterocycles. The van der Waals surface area contributed by atoms with E-state index in [0.29, 0.717) is 0 Å². The summed E-state index contributed by atoms with van der Waals surface area (Å²) in [5.41, 5.74) is 0. The summed E-state index contributed by atoms with van der Waals surface area (Å²) in [7, 11) is 0. The van der Waals surface area contributed by atoms with E-state index in [9.17, 15) is 9.59 Å². The van der Waals surface area contributed by atoms with E-state index in [1.54, 1.807) is 0 Å². The predicted molar refractivity (Wildman–Crippen MR) is 37.0 cm³/mol. The van der Waals surface area contributed by atoms with Crippen LogP contribution in [0.25, 0.3) is 0 Å². The number of carboxylic acid groups (broad SMARTS) is 1. The lowest BCUT2D eigenvalue weighted by Crippen LogP contribution is -2.24. The normalized spacial score (nSPS) is 12.2. The Morgan fingerprint density at radius 2 is 2.20 bits per heavy atom. The third-order valence-corrected chi connectivity index (χ3v) is 1.04. The highest BCUT2D eigenvalue weighted by Crippen LogP contribution is 1.92. The van der Waals surface area contributed by atoms with Gasteiger partial charge in [0, 0.05) is 0 Å². The van der Waals surface area contributed by atoms with Gasteiger partial charge in [-0.2, -0.15) is 12.6 Å². The number of aliphatic carboxylic acids is 1. The molecule has 1 atom stereocenters. The first-order valence-corrected chi connectivity index (χ1v) is 3.24. The number of carbonyl (C=O) groups is 2. The summed E-state index contributed by atoms with van der Waals surface area (Å²) in [4.78, 5) is 20.4. The van der Waals surface area contributed by atoms with E-state index in [0.717, 1.165) is 0 Å². The van der Waals surface area contributed by atoms with Crippen LogP contribution >= 0.6 is 12.6 Å². The summed E-state index contributed by atoms with van der Waals surface area (Å²) in [6.45, 7) is 1.28. The molecule has 0 spiro atoms. The molecule has 0 aromatic rings. The van der Waals surface area contributed by atoms with Gasteiger partial charge < -0.3 is 9.84 Å². The van der Waals surface area contributed by atoms with Crippen molar-refractivity contribution in [3.05, 3.63) is 0 Å². The first-order valence-electron chi connectivity index (χ1n) is 2.61. The van der Waals surface area contributed by atoms with Crippen molar-refractivity contribution in [1.29, 1.82) is 0 Å². The number of esters is 1. The van der Waals surface area contributed by atoms with E-state index in [1.807, 2.05) is 0 Å². The maximum atomic E-state index is 10.4. The number of carbonyl (C=O) groups excluding carboxylic acids is 1. The molecule has 58 valence electrons. The molecule has 0 saturated heterocycles. The number of ether oxygens (including phenoxy) is 1. The fourth-order valence-electron chi connectivity index (χ4n) is 0.285. The molecule has 0 aromatic carbocycles. The minimum atomic E-state index is -1.16. The summed E-state index contributed by atoms with van der Waals surface area (Å²) >= 11 is 3.59. The van der Waals surface area contributed by atoms with Gasteiger partial charge in [-0.3, -0.25) is 4.79 Å². The van der Waals surface area contributed by atoms with E-state index in [2.05, 4.69) is 17.4 Å². The van der Waals surface area contributed by atoms with Gasteiger partial charge >= 0.3 is 11.9 Å². The van der Waals surface area contributed by atoms with Crippen LogP contribution in [0.15, 0.2) is 0 Å². The Morgan fingerprint density at radius 1 is 1.70 bits per heavy atom. The first kappa shape index (κ1) is 9.29. The van der Waals surface area contributed by atoms with Crippen molar-refractivity contribution in [3.8, 4) is 0 Å². The van der Waals surface area contributed by atoms with E-state index >= 15 is 0 Å². The molecule has 0 bridgehead atoms. The number of hydrogen-bond acceptors (Lipinski definition) is 4. The molecule has 0 saturated carbocycles. The molecule has 1 N–H and O–H groups in total. The van der Waals surface area contributed by atoms with Gasteiger partial charge in [0.05, 0.1) is 5.75 Å². The van der Waals surface area contributed by atoms with Gasteiger partial charge in [-0.15, -0.1) is 0 Å². The Bertz CT molecular complexity index is 145. The second kappa shape index (κ2) is 4.16. The molecule has 5 heteroatoms. The van der Waals surface area contributed by atoms with Gasteiger partial charge in [-0.05, 0) is 6.92 Å². The summed E-state index contributed by atoms with van der Waals surface area (Å²) < 4.78 is 4.35. The van der Waals surface area contributed by atoms with Crippen molar-refractivity contribution in [1.82, 2.24) is 0 Å². The zero-order valence-corrected chi connectivity index (χ0v) is 6.30. The monoisotopic (exact) mass is 164 g/mol. The van der Waals surface area contributed by atoms with Crippen LogP contribution in [0.5, 0.6) is 0 Å². The molecule has 0 heterocycles. The van der Waals surface area contributed by atoms with Crippen LogP contribution < -0.4 is 0 Å². The highest BCUT2D eigenvalue weighted by atomic mass is 32.1. The van der Waals surface area contributed by atoms with Gasteiger partial charge in [-0.1, -0.05) is 0 Å². The molecular formula is C5H8O4S. The van der Waals surface area contributed by atoms with Gasteiger partial charge in [0.25, 0.3) is 0 Å². The average Bonchev–Trinajstić information content (AvgIpc) is 1.87. The van der Waals surface area contributed by atoms with E-state index in [4.69, 9.17) is 5.11 Å². The van der Waals surface area contributed by atoms with Crippen molar-refractivity contribution in [2.45, 2.75) is 13.0 Å². The zero-order chi connectivity index (χ0) is 8.15. The Hall–Kier alpha value is -0.710. The van der Waals surface area contributed by atoms with Crippen molar-refractivity contribution < 1.29 is 19.4 Å². The smallest absolute Gasteiger partial charge is 0.344 e. The fourth-order valence-corrected chi connectivity index (χ4v) is 0.359. The number of carboxylic acids is 1. The van der Waals surface area contributed by atoms with Gasteiger partial charge in [-0.25, -0.2) is 4.79 Å². The molecule has 10 heavy (non-hydrogen) atoms. The van der Waals surface area contributed by atoms with Crippen LogP contribution in [-0.4, -0.2) is 28.9 Å². The van der Waals surface area contributed by atoms with Gasteiger partial charge in [0.1, 0.15) is 0 Å². The highest BCUT2D eigenvalue weighted by Gasteiger charge is 2.14. The molecular weight excluding hydrogens is 156 g/mol. The molecule has 1 unspecified atom stereocenters. The Labute approximate surface area is 63.6 Å². The first-order chi connectivity index (χ1) is 4.57. The van der Waals surface area contributed by atoms with Crippen molar-refractivity contribution in [2.75, 3.05) is 5.75 Å². The van der Waals surface area contributed by atoms with Crippen molar-refractivity contribution in [3.63, 3.8) is 0 Å². The predicted octanol–water partition coefficient (Wildman–Crippen LogP) is -0.0675. The molecule has 0 aromatic heterocycles. The average molecular weight is 164 g/mol. The lowest BCUT2D eigenvalue weighted by Gasteiger charge is -2.05. The quantitative estimate of drug-likeness (QED) is 0.453. The summed E-state index contributed by atoms with van der Waals surface area (Å²) in [5.74, 6) is -1.88. The number of hydrogen-bond donors (Lipinski definition) is 2. The number of thiol groups is 1. The maximum absolute atomic E-state index is 10.4. The summed E-state index contributed by atoms with van der Waals surface area (Å²) in [5, 5.41) is 8.22. The van der Waals surface area contributed by atoms with E-state index in [1.165, 1.54) is 6.92 Å². The molecule has 0 fully saturated rings.